The maximum atomic E-state index is 11.4. The number of carbonyl (C=O) groups excluding carboxylic acids is 1. The van der Waals surface area contributed by atoms with Crippen molar-refractivity contribution in [1.29, 1.82) is 0 Å². The van der Waals surface area contributed by atoms with Gasteiger partial charge in [0.25, 0.3) is 0 Å². The Bertz CT molecular complexity index is 514. The Balaban J connectivity index is 2.28. The molecule has 0 bridgehead atoms. The van der Waals surface area contributed by atoms with E-state index < -0.39 is 0 Å². The van der Waals surface area contributed by atoms with Crippen molar-refractivity contribution in [2.24, 2.45) is 0 Å². The molecular formula is C13H15NO2. The lowest BCUT2D eigenvalue weighted by Crippen LogP contribution is -2.06. The molecule has 3 nitrogen and oxygen atoms in total. The van der Waals surface area contributed by atoms with Crippen LogP contribution in [0, 0.1) is 6.92 Å². The van der Waals surface area contributed by atoms with Gasteiger partial charge >= 0.3 is 5.97 Å². The van der Waals surface area contributed by atoms with Crippen LogP contribution in [0.5, 0.6) is 0 Å². The van der Waals surface area contributed by atoms with Crippen LogP contribution in [0.2, 0.25) is 0 Å². The van der Waals surface area contributed by atoms with Gasteiger partial charge in [-0.2, -0.15) is 0 Å². The molecule has 16 heavy (non-hydrogen) atoms. The van der Waals surface area contributed by atoms with Gasteiger partial charge in [0.05, 0.1) is 13.0 Å². The van der Waals surface area contributed by atoms with Crippen LogP contribution in [0.3, 0.4) is 0 Å². The highest BCUT2D eigenvalue weighted by atomic mass is 16.5. The summed E-state index contributed by atoms with van der Waals surface area (Å²) < 4.78 is 4.94. The van der Waals surface area contributed by atoms with E-state index in [4.69, 9.17) is 4.74 Å². The summed E-state index contributed by atoms with van der Waals surface area (Å²) in [4.78, 5) is 14.6. The smallest absolute Gasteiger partial charge is 0.310 e. The number of carbonyl (C=O) groups is 1. The fourth-order valence-corrected chi connectivity index (χ4v) is 1.81. The van der Waals surface area contributed by atoms with Crippen LogP contribution in [-0.2, 0) is 16.0 Å². The van der Waals surface area contributed by atoms with E-state index in [2.05, 4.69) is 11.1 Å². The number of fused-ring (bicyclic) bond motifs is 1. The van der Waals surface area contributed by atoms with E-state index in [1.807, 2.05) is 32.2 Å². The topological polar surface area (TPSA) is 42.1 Å². The first kappa shape index (κ1) is 10.7. The number of benzene rings is 1. The normalized spacial score (nSPS) is 10.6. The van der Waals surface area contributed by atoms with E-state index in [9.17, 15) is 4.79 Å². The van der Waals surface area contributed by atoms with Crippen LogP contribution in [-0.4, -0.2) is 17.6 Å². The number of hydrogen-bond donors (Lipinski definition) is 1. The summed E-state index contributed by atoms with van der Waals surface area (Å²) in [5.74, 6) is -0.177. The molecule has 2 rings (SSSR count). The van der Waals surface area contributed by atoms with Crippen molar-refractivity contribution in [2.75, 3.05) is 6.61 Å². The standard InChI is InChI=1S/C13H15NO2/c1-3-16-13(15)7-10-8-14-12-6-9(2)4-5-11(10)12/h4-6,8,14H,3,7H2,1-2H3. The minimum atomic E-state index is -0.177. The summed E-state index contributed by atoms with van der Waals surface area (Å²) in [5, 5.41) is 1.10. The fourth-order valence-electron chi connectivity index (χ4n) is 1.81. The van der Waals surface area contributed by atoms with E-state index in [-0.39, 0.29) is 5.97 Å². The third-order valence-electron chi connectivity index (χ3n) is 2.56. The molecule has 3 heteroatoms. The molecule has 0 saturated heterocycles. The zero-order chi connectivity index (χ0) is 11.5. The molecule has 1 aromatic carbocycles. The second-order valence-corrected chi connectivity index (χ2v) is 3.84. The largest absolute Gasteiger partial charge is 0.466 e. The highest BCUT2D eigenvalue weighted by Crippen LogP contribution is 2.20. The number of nitrogens with one attached hydrogen (secondary N) is 1. The minimum Gasteiger partial charge on any atom is -0.466 e. The summed E-state index contributed by atoms with van der Waals surface area (Å²) >= 11 is 0. The zero-order valence-corrected chi connectivity index (χ0v) is 9.54. The molecule has 0 atom stereocenters. The van der Waals surface area contributed by atoms with Gasteiger partial charge in [-0.25, -0.2) is 0 Å². The molecule has 0 radical (unpaired) electrons. The summed E-state index contributed by atoms with van der Waals surface area (Å²) in [6.07, 6.45) is 2.21. The van der Waals surface area contributed by atoms with Crippen LogP contribution in [0.4, 0.5) is 0 Å². The zero-order valence-electron chi connectivity index (χ0n) is 9.54. The highest BCUT2D eigenvalue weighted by Gasteiger charge is 2.09. The highest BCUT2D eigenvalue weighted by molar-refractivity contribution is 5.87. The van der Waals surface area contributed by atoms with Gasteiger partial charge in [0.15, 0.2) is 0 Å². The van der Waals surface area contributed by atoms with Gasteiger partial charge in [-0.05, 0) is 31.0 Å². The van der Waals surface area contributed by atoms with Crippen LogP contribution in [0.15, 0.2) is 24.4 Å². The Hall–Kier alpha value is -1.77. The maximum Gasteiger partial charge on any atom is 0.310 e. The van der Waals surface area contributed by atoms with Gasteiger partial charge in [0, 0.05) is 17.1 Å². The predicted molar refractivity (Wildman–Crippen MR) is 63.4 cm³/mol. The molecule has 0 fully saturated rings. The van der Waals surface area contributed by atoms with Crippen molar-refractivity contribution in [3.8, 4) is 0 Å². The van der Waals surface area contributed by atoms with Crippen molar-refractivity contribution in [2.45, 2.75) is 20.3 Å². The Morgan fingerprint density at radius 2 is 2.25 bits per heavy atom. The van der Waals surface area contributed by atoms with Gasteiger partial charge in [-0.3, -0.25) is 4.79 Å². The summed E-state index contributed by atoms with van der Waals surface area (Å²) in [6, 6.07) is 6.16. The molecule has 84 valence electrons. The first-order valence-corrected chi connectivity index (χ1v) is 5.43. The van der Waals surface area contributed by atoms with E-state index in [1.54, 1.807) is 0 Å². The third-order valence-corrected chi connectivity index (χ3v) is 2.56. The molecule has 1 N–H and O–H groups in total. The molecular weight excluding hydrogens is 202 g/mol. The molecule has 1 aromatic heterocycles. The SMILES string of the molecule is CCOC(=O)Cc1c[nH]c2cc(C)ccc12. The number of hydrogen-bond acceptors (Lipinski definition) is 2. The molecule has 0 spiro atoms. The lowest BCUT2D eigenvalue weighted by atomic mass is 10.1. The Morgan fingerprint density at radius 1 is 1.44 bits per heavy atom. The Kier molecular flexibility index (Phi) is 2.95. The van der Waals surface area contributed by atoms with Crippen molar-refractivity contribution in [3.63, 3.8) is 0 Å². The number of aryl methyl sites for hydroxylation is 1. The maximum absolute atomic E-state index is 11.4. The molecule has 1 heterocycles. The van der Waals surface area contributed by atoms with Gasteiger partial charge in [-0.1, -0.05) is 12.1 Å². The fraction of sp³-hybridized carbons (Fsp3) is 0.308. The van der Waals surface area contributed by atoms with E-state index in [0.717, 1.165) is 16.5 Å². The number of aromatic amines is 1. The van der Waals surface area contributed by atoms with Crippen LogP contribution >= 0.6 is 0 Å². The van der Waals surface area contributed by atoms with Gasteiger partial charge in [-0.15, -0.1) is 0 Å². The van der Waals surface area contributed by atoms with Crippen LogP contribution < -0.4 is 0 Å². The molecule has 0 aliphatic rings. The average molecular weight is 217 g/mol. The van der Waals surface area contributed by atoms with Crippen molar-refractivity contribution in [1.82, 2.24) is 4.98 Å². The van der Waals surface area contributed by atoms with E-state index >= 15 is 0 Å². The quantitative estimate of drug-likeness (QED) is 0.803. The molecule has 0 aliphatic heterocycles. The van der Waals surface area contributed by atoms with E-state index in [0.29, 0.717) is 13.0 Å². The Labute approximate surface area is 94.4 Å². The number of rotatable bonds is 3. The minimum absolute atomic E-state index is 0.177. The summed E-state index contributed by atoms with van der Waals surface area (Å²) in [5.41, 5.74) is 3.27. The van der Waals surface area contributed by atoms with Crippen molar-refractivity contribution >= 4 is 16.9 Å². The second-order valence-electron chi connectivity index (χ2n) is 3.84. The van der Waals surface area contributed by atoms with Crippen molar-refractivity contribution < 1.29 is 9.53 Å². The number of ether oxygens (including phenoxy) is 1. The monoisotopic (exact) mass is 217 g/mol. The van der Waals surface area contributed by atoms with Gasteiger partial charge in [0.2, 0.25) is 0 Å². The number of esters is 1. The molecule has 0 aliphatic carbocycles. The molecule has 0 unspecified atom stereocenters. The third kappa shape index (κ3) is 2.08. The summed E-state index contributed by atoms with van der Waals surface area (Å²) in [6.45, 7) is 4.29. The van der Waals surface area contributed by atoms with Crippen molar-refractivity contribution in [3.05, 3.63) is 35.5 Å². The van der Waals surface area contributed by atoms with Gasteiger partial charge in [0.1, 0.15) is 0 Å². The summed E-state index contributed by atoms with van der Waals surface area (Å²) in [7, 11) is 0. The van der Waals surface area contributed by atoms with E-state index in [1.165, 1.54) is 5.56 Å². The average Bonchev–Trinajstić information content (AvgIpc) is 2.61. The lowest BCUT2D eigenvalue weighted by molar-refractivity contribution is -0.142. The lowest BCUT2D eigenvalue weighted by Gasteiger charge is -2.00. The number of H-pyrrole nitrogens is 1. The Morgan fingerprint density at radius 3 is 3.00 bits per heavy atom. The van der Waals surface area contributed by atoms with Gasteiger partial charge < -0.3 is 9.72 Å². The molecule has 2 aromatic rings. The number of aromatic nitrogens is 1. The molecule has 0 amide bonds. The second kappa shape index (κ2) is 4.39. The first-order valence-electron chi connectivity index (χ1n) is 5.43. The van der Waals surface area contributed by atoms with Crippen LogP contribution in [0.25, 0.3) is 10.9 Å². The predicted octanol–water partition coefficient (Wildman–Crippen LogP) is 2.58. The first-order chi connectivity index (χ1) is 7.70. The molecule has 0 saturated carbocycles. The van der Waals surface area contributed by atoms with Crippen LogP contribution in [0.1, 0.15) is 18.1 Å².